The molecule has 0 aliphatic carbocycles. The van der Waals surface area contributed by atoms with Crippen molar-refractivity contribution in [2.75, 3.05) is 34.4 Å². The highest BCUT2D eigenvalue weighted by molar-refractivity contribution is 7.89. The van der Waals surface area contributed by atoms with Crippen LogP contribution >= 0.6 is 0 Å². The van der Waals surface area contributed by atoms with Gasteiger partial charge < -0.3 is 10.1 Å². The second kappa shape index (κ2) is 7.71. The van der Waals surface area contributed by atoms with E-state index in [2.05, 4.69) is 5.32 Å². The Bertz CT molecular complexity index is 639. The van der Waals surface area contributed by atoms with Gasteiger partial charge in [0.25, 0.3) is 5.91 Å². The molecule has 0 bridgehead atoms. The van der Waals surface area contributed by atoms with Gasteiger partial charge in [0, 0.05) is 39.9 Å². The highest BCUT2D eigenvalue weighted by Crippen LogP contribution is 2.23. The van der Waals surface area contributed by atoms with Crippen molar-refractivity contribution in [1.29, 1.82) is 0 Å². The predicted molar refractivity (Wildman–Crippen MR) is 85.6 cm³/mol. The van der Waals surface area contributed by atoms with Gasteiger partial charge in [0.1, 0.15) is 0 Å². The molecule has 0 radical (unpaired) electrons. The Morgan fingerprint density at radius 2 is 1.91 bits per heavy atom. The standard InChI is InChI=1S/C15H24N2O4S/c1-11-9-13(15(18)16-7-6-8-21-5)10-14(12(11)2)22(19,20)17(3)4/h9-10H,6-8H2,1-5H3,(H,16,18). The fraction of sp³-hybridized carbons (Fsp3) is 0.533. The third kappa shape index (κ3) is 4.28. The Labute approximate surface area is 132 Å². The second-order valence-corrected chi connectivity index (χ2v) is 7.43. The van der Waals surface area contributed by atoms with Gasteiger partial charge in [-0.1, -0.05) is 0 Å². The molecule has 6 nitrogen and oxygen atoms in total. The third-order valence-electron chi connectivity index (χ3n) is 3.45. The zero-order chi connectivity index (χ0) is 16.9. The molecule has 0 aliphatic rings. The van der Waals surface area contributed by atoms with Gasteiger partial charge in [0.05, 0.1) is 4.90 Å². The first-order chi connectivity index (χ1) is 10.2. The lowest BCUT2D eigenvalue weighted by molar-refractivity contribution is 0.0948. The number of amides is 1. The van der Waals surface area contributed by atoms with E-state index in [1.165, 1.54) is 20.2 Å². The van der Waals surface area contributed by atoms with Crippen molar-refractivity contribution < 1.29 is 17.9 Å². The topological polar surface area (TPSA) is 75.7 Å². The minimum absolute atomic E-state index is 0.166. The second-order valence-electron chi connectivity index (χ2n) is 5.31. The molecule has 0 heterocycles. The predicted octanol–water partition coefficient (Wildman–Crippen LogP) is 1.32. The molecule has 0 unspecified atom stereocenters. The van der Waals surface area contributed by atoms with E-state index in [4.69, 9.17) is 4.74 Å². The van der Waals surface area contributed by atoms with Crippen molar-refractivity contribution in [2.45, 2.75) is 25.2 Å². The quantitative estimate of drug-likeness (QED) is 0.766. The van der Waals surface area contributed by atoms with Gasteiger partial charge in [-0.3, -0.25) is 4.79 Å². The van der Waals surface area contributed by atoms with Crippen molar-refractivity contribution in [1.82, 2.24) is 9.62 Å². The summed E-state index contributed by atoms with van der Waals surface area (Å²) in [4.78, 5) is 12.3. The first-order valence-electron chi connectivity index (χ1n) is 7.02. The number of carbonyl (C=O) groups excluding carboxylic acids is 1. The zero-order valence-electron chi connectivity index (χ0n) is 13.8. The molecule has 1 aromatic carbocycles. The van der Waals surface area contributed by atoms with Crippen LogP contribution in [0.25, 0.3) is 0 Å². The van der Waals surface area contributed by atoms with E-state index in [1.807, 2.05) is 0 Å². The number of nitrogens with one attached hydrogen (secondary N) is 1. The van der Waals surface area contributed by atoms with E-state index >= 15 is 0 Å². The Kier molecular flexibility index (Phi) is 6.52. The first kappa shape index (κ1) is 18.6. The van der Waals surface area contributed by atoms with Crippen LogP contribution in [0.15, 0.2) is 17.0 Å². The van der Waals surface area contributed by atoms with Crippen molar-refractivity contribution in [3.8, 4) is 0 Å². The molecule has 124 valence electrons. The summed E-state index contributed by atoms with van der Waals surface area (Å²) in [6.07, 6.45) is 0.704. The average Bonchev–Trinajstić information content (AvgIpc) is 2.45. The lowest BCUT2D eigenvalue weighted by atomic mass is 10.1. The first-order valence-corrected chi connectivity index (χ1v) is 8.46. The molecule has 0 saturated carbocycles. The van der Waals surface area contributed by atoms with Gasteiger partial charge in [-0.05, 0) is 43.5 Å². The number of hydrogen-bond acceptors (Lipinski definition) is 4. The van der Waals surface area contributed by atoms with Gasteiger partial charge in [-0.2, -0.15) is 0 Å². The molecule has 1 N–H and O–H groups in total. The molecule has 0 saturated heterocycles. The molecule has 0 aliphatic heterocycles. The number of benzene rings is 1. The van der Waals surface area contributed by atoms with Gasteiger partial charge in [0.2, 0.25) is 10.0 Å². The fourth-order valence-corrected chi connectivity index (χ4v) is 3.16. The number of carbonyl (C=O) groups is 1. The maximum Gasteiger partial charge on any atom is 0.251 e. The molecule has 1 amide bonds. The van der Waals surface area contributed by atoms with E-state index in [9.17, 15) is 13.2 Å². The third-order valence-corrected chi connectivity index (χ3v) is 5.39. The summed E-state index contributed by atoms with van der Waals surface area (Å²) in [5.41, 5.74) is 1.77. The SMILES string of the molecule is COCCCNC(=O)c1cc(C)c(C)c(S(=O)(=O)N(C)C)c1. The molecular weight excluding hydrogens is 304 g/mol. The van der Waals surface area contributed by atoms with E-state index in [-0.39, 0.29) is 10.8 Å². The summed E-state index contributed by atoms with van der Waals surface area (Å²) < 4.78 is 30.8. The summed E-state index contributed by atoms with van der Waals surface area (Å²) in [5, 5.41) is 2.76. The number of ether oxygens (including phenoxy) is 1. The van der Waals surface area contributed by atoms with Crippen LogP contribution in [0.3, 0.4) is 0 Å². The number of rotatable bonds is 7. The van der Waals surface area contributed by atoms with Crippen LogP contribution in [0.1, 0.15) is 27.9 Å². The van der Waals surface area contributed by atoms with Crippen LogP contribution in [-0.2, 0) is 14.8 Å². The van der Waals surface area contributed by atoms with Gasteiger partial charge in [-0.25, -0.2) is 12.7 Å². The van der Waals surface area contributed by atoms with E-state index in [0.717, 1.165) is 9.87 Å². The molecule has 7 heteroatoms. The fourth-order valence-electron chi connectivity index (χ4n) is 1.94. The van der Waals surface area contributed by atoms with E-state index < -0.39 is 10.0 Å². The largest absolute Gasteiger partial charge is 0.385 e. The minimum atomic E-state index is -3.58. The van der Waals surface area contributed by atoms with Crippen LogP contribution in [-0.4, -0.2) is 53.0 Å². The van der Waals surface area contributed by atoms with Crippen LogP contribution in [0.5, 0.6) is 0 Å². The Balaban J connectivity index is 3.09. The maximum absolute atomic E-state index is 12.4. The number of hydrogen-bond donors (Lipinski definition) is 1. The van der Waals surface area contributed by atoms with E-state index in [0.29, 0.717) is 30.7 Å². The molecule has 1 rings (SSSR count). The average molecular weight is 328 g/mol. The summed E-state index contributed by atoms with van der Waals surface area (Å²) in [6, 6.07) is 3.14. The highest BCUT2D eigenvalue weighted by Gasteiger charge is 2.22. The Morgan fingerprint density at radius 1 is 1.27 bits per heavy atom. The number of aryl methyl sites for hydroxylation is 1. The number of sulfonamides is 1. The molecule has 22 heavy (non-hydrogen) atoms. The summed E-state index contributed by atoms with van der Waals surface area (Å²) in [7, 11) is 0.966. The normalized spacial score (nSPS) is 11.7. The summed E-state index contributed by atoms with van der Waals surface area (Å²) in [5.74, 6) is -0.283. The van der Waals surface area contributed by atoms with Crippen LogP contribution in [0.4, 0.5) is 0 Å². The van der Waals surface area contributed by atoms with Crippen molar-refractivity contribution in [3.05, 3.63) is 28.8 Å². The number of nitrogens with zero attached hydrogens (tertiary/aromatic N) is 1. The Hall–Kier alpha value is -1.44. The summed E-state index contributed by atoms with van der Waals surface area (Å²) >= 11 is 0. The maximum atomic E-state index is 12.4. The van der Waals surface area contributed by atoms with Gasteiger partial charge >= 0.3 is 0 Å². The van der Waals surface area contributed by atoms with Crippen molar-refractivity contribution in [2.24, 2.45) is 0 Å². The molecule has 1 aromatic rings. The van der Waals surface area contributed by atoms with Gasteiger partial charge in [0.15, 0.2) is 0 Å². The zero-order valence-corrected chi connectivity index (χ0v) is 14.6. The van der Waals surface area contributed by atoms with Crippen molar-refractivity contribution in [3.63, 3.8) is 0 Å². The highest BCUT2D eigenvalue weighted by atomic mass is 32.2. The van der Waals surface area contributed by atoms with Crippen LogP contribution in [0.2, 0.25) is 0 Å². The van der Waals surface area contributed by atoms with Crippen LogP contribution in [0, 0.1) is 13.8 Å². The summed E-state index contributed by atoms with van der Waals surface area (Å²) in [6.45, 7) is 4.58. The smallest absolute Gasteiger partial charge is 0.251 e. The van der Waals surface area contributed by atoms with Gasteiger partial charge in [-0.15, -0.1) is 0 Å². The lowest BCUT2D eigenvalue weighted by Gasteiger charge is -2.16. The molecule has 0 spiro atoms. The molecule has 0 fully saturated rings. The van der Waals surface area contributed by atoms with Crippen molar-refractivity contribution >= 4 is 15.9 Å². The lowest BCUT2D eigenvalue weighted by Crippen LogP contribution is -2.27. The molecule has 0 atom stereocenters. The van der Waals surface area contributed by atoms with Crippen LogP contribution < -0.4 is 5.32 Å². The minimum Gasteiger partial charge on any atom is -0.385 e. The molecule has 0 aromatic heterocycles. The number of methoxy groups -OCH3 is 1. The van der Waals surface area contributed by atoms with E-state index in [1.54, 1.807) is 27.0 Å². The monoisotopic (exact) mass is 328 g/mol. The molecular formula is C15H24N2O4S. The Morgan fingerprint density at radius 3 is 2.45 bits per heavy atom.